The molecule has 0 spiro atoms. The number of carbonyl (C=O) groups excluding carboxylic acids is 1. The van der Waals surface area contributed by atoms with Crippen molar-refractivity contribution in [3.8, 4) is 0 Å². The van der Waals surface area contributed by atoms with E-state index in [0.29, 0.717) is 30.7 Å². The molecule has 7 heteroatoms. The second kappa shape index (κ2) is 5.24. The first-order valence-corrected chi connectivity index (χ1v) is 7.53. The topological polar surface area (TPSA) is 81.6 Å². The molecule has 0 N–H and O–H groups in total. The molecule has 0 aromatic carbocycles. The maximum Gasteiger partial charge on any atom is 0.290 e. The second-order valence-electron chi connectivity index (χ2n) is 5.76. The standard InChI is InChI=1S/C15H17N3O4/c1-9-12(14-16-13(17-22-14)10-4-5-10)18(6-8-20-9)15(19)11-3-2-7-21-11/h2-3,7,9-10,12H,4-6,8H2,1H3/t9-,12+/m1/s1. The summed E-state index contributed by atoms with van der Waals surface area (Å²) in [5, 5.41) is 4.04. The average molecular weight is 303 g/mol. The molecule has 1 saturated heterocycles. The molecule has 4 rings (SSSR count). The van der Waals surface area contributed by atoms with Gasteiger partial charge in [0, 0.05) is 12.5 Å². The summed E-state index contributed by atoms with van der Waals surface area (Å²) in [4.78, 5) is 18.8. The molecule has 116 valence electrons. The number of hydrogen-bond acceptors (Lipinski definition) is 6. The van der Waals surface area contributed by atoms with E-state index in [9.17, 15) is 4.79 Å². The van der Waals surface area contributed by atoms with Crippen LogP contribution in [-0.4, -0.2) is 40.2 Å². The van der Waals surface area contributed by atoms with Crippen molar-refractivity contribution in [1.82, 2.24) is 15.0 Å². The van der Waals surface area contributed by atoms with E-state index in [4.69, 9.17) is 13.7 Å². The van der Waals surface area contributed by atoms with Crippen LogP contribution in [-0.2, 0) is 4.74 Å². The van der Waals surface area contributed by atoms with Gasteiger partial charge in [-0.05, 0) is 31.9 Å². The summed E-state index contributed by atoms with van der Waals surface area (Å²) in [6.45, 7) is 2.86. The van der Waals surface area contributed by atoms with Gasteiger partial charge in [-0.3, -0.25) is 4.79 Å². The zero-order valence-electron chi connectivity index (χ0n) is 12.3. The SMILES string of the molecule is C[C@H]1OCCN(C(=O)c2ccco2)[C@@H]1c1nc(C2CC2)no1. The van der Waals surface area contributed by atoms with Crippen LogP contribution in [0.2, 0.25) is 0 Å². The highest BCUT2D eigenvalue weighted by Gasteiger charge is 2.40. The summed E-state index contributed by atoms with van der Waals surface area (Å²) in [5.41, 5.74) is 0. The number of hydrogen-bond donors (Lipinski definition) is 0. The molecular formula is C15H17N3O4. The Kier molecular flexibility index (Phi) is 3.22. The Bertz CT molecular complexity index is 662. The van der Waals surface area contributed by atoms with E-state index in [1.54, 1.807) is 17.0 Å². The molecule has 22 heavy (non-hydrogen) atoms. The van der Waals surface area contributed by atoms with E-state index in [1.807, 2.05) is 6.92 Å². The first-order chi connectivity index (χ1) is 10.7. The van der Waals surface area contributed by atoms with Crippen molar-refractivity contribution in [2.45, 2.75) is 37.8 Å². The number of nitrogens with zero attached hydrogens (tertiary/aromatic N) is 3. The molecule has 2 atom stereocenters. The van der Waals surface area contributed by atoms with Gasteiger partial charge in [0.25, 0.3) is 11.8 Å². The lowest BCUT2D eigenvalue weighted by Crippen LogP contribution is -2.47. The molecule has 2 aromatic rings. The third-order valence-electron chi connectivity index (χ3n) is 4.14. The summed E-state index contributed by atoms with van der Waals surface area (Å²) in [5.74, 6) is 1.70. The van der Waals surface area contributed by atoms with Crippen LogP contribution in [0.1, 0.15) is 54.0 Å². The van der Waals surface area contributed by atoms with Gasteiger partial charge in [-0.25, -0.2) is 0 Å². The van der Waals surface area contributed by atoms with Gasteiger partial charge in [0.1, 0.15) is 6.04 Å². The Morgan fingerprint density at radius 2 is 2.27 bits per heavy atom. The zero-order chi connectivity index (χ0) is 15.1. The second-order valence-corrected chi connectivity index (χ2v) is 5.76. The van der Waals surface area contributed by atoms with Gasteiger partial charge in [-0.15, -0.1) is 0 Å². The molecule has 1 amide bonds. The zero-order valence-corrected chi connectivity index (χ0v) is 12.3. The van der Waals surface area contributed by atoms with E-state index in [2.05, 4.69) is 10.1 Å². The van der Waals surface area contributed by atoms with Gasteiger partial charge in [-0.2, -0.15) is 4.98 Å². The Labute approximate surface area is 127 Å². The van der Waals surface area contributed by atoms with Crippen LogP contribution in [0.5, 0.6) is 0 Å². The number of furan rings is 1. The molecule has 7 nitrogen and oxygen atoms in total. The average Bonchev–Trinajstić information content (AvgIpc) is 3.04. The predicted molar refractivity (Wildman–Crippen MR) is 74.2 cm³/mol. The minimum absolute atomic E-state index is 0.184. The molecule has 2 aromatic heterocycles. The monoisotopic (exact) mass is 303 g/mol. The summed E-state index contributed by atoms with van der Waals surface area (Å²) in [6.07, 6.45) is 3.49. The lowest BCUT2D eigenvalue weighted by atomic mass is 10.1. The molecule has 0 bridgehead atoms. The number of rotatable bonds is 3. The van der Waals surface area contributed by atoms with Crippen LogP contribution in [0.4, 0.5) is 0 Å². The predicted octanol–water partition coefficient (Wildman–Crippen LogP) is 2.14. The van der Waals surface area contributed by atoms with Crippen molar-refractivity contribution in [3.05, 3.63) is 35.9 Å². The van der Waals surface area contributed by atoms with Gasteiger partial charge in [0.2, 0.25) is 0 Å². The fourth-order valence-corrected chi connectivity index (χ4v) is 2.80. The Hall–Kier alpha value is -2.15. The summed E-state index contributed by atoms with van der Waals surface area (Å²) < 4.78 is 16.3. The Balaban J connectivity index is 1.64. The smallest absolute Gasteiger partial charge is 0.290 e. The number of amides is 1. The van der Waals surface area contributed by atoms with Gasteiger partial charge >= 0.3 is 0 Å². The van der Waals surface area contributed by atoms with Gasteiger partial charge in [0.15, 0.2) is 11.6 Å². The highest BCUT2D eigenvalue weighted by atomic mass is 16.5. The fraction of sp³-hybridized carbons (Fsp3) is 0.533. The van der Waals surface area contributed by atoms with Gasteiger partial charge in [0.05, 0.1) is 19.0 Å². The molecule has 2 fully saturated rings. The normalized spacial score (nSPS) is 25.4. The van der Waals surface area contributed by atoms with Gasteiger partial charge in [-0.1, -0.05) is 5.16 Å². The largest absolute Gasteiger partial charge is 0.459 e. The van der Waals surface area contributed by atoms with E-state index in [-0.39, 0.29) is 18.1 Å². The molecule has 0 radical (unpaired) electrons. The highest BCUT2D eigenvalue weighted by Crippen LogP contribution is 2.39. The lowest BCUT2D eigenvalue weighted by molar-refractivity contribution is -0.0608. The molecule has 3 heterocycles. The number of aromatic nitrogens is 2. The maximum absolute atomic E-state index is 12.6. The van der Waals surface area contributed by atoms with Crippen molar-refractivity contribution in [2.75, 3.05) is 13.2 Å². The third kappa shape index (κ3) is 2.31. The van der Waals surface area contributed by atoms with E-state index in [0.717, 1.165) is 18.7 Å². The first-order valence-electron chi connectivity index (χ1n) is 7.53. The molecule has 2 aliphatic rings. The van der Waals surface area contributed by atoms with Crippen molar-refractivity contribution < 1.29 is 18.5 Å². The third-order valence-corrected chi connectivity index (χ3v) is 4.14. The minimum atomic E-state index is -0.383. The number of ether oxygens (including phenoxy) is 1. The fourth-order valence-electron chi connectivity index (χ4n) is 2.80. The minimum Gasteiger partial charge on any atom is -0.459 e. The molecular weight excluding hydrogens is 286 g/mol. The summed E-state index contributed by atoms with van der Waals surface area (Å²) in [7, 11) is 0. The number of carbonyl (C=O) groups is 1. The number of morpholine rings is 1. The van der Waals surface area contributed by atoms with Crippen LogP contribution in [0, 0.1) is 0 Å². The van der Waals surface area contributed by atoms with Crippen LogP contribution < -0.4 is 0 Å². The highest BCUT2D eigenvalue weighted by molar-refractivity contribution is 5.91. The first kappa shape index (κ1) is 13.5. The molecule has 1 aliphatic heterocycles. The van der Waals surface area contributed by atoms with Crippen LogP contribution in [0.15, 0.2) is 27.3 Å². The Morgan fingerprint density at radius 1 is 1.41 bits per heavy atom. The molecule has 1 saturated carbocycles. The van der Waals surface area contributed by atoms with E-state index in [1.165, 1.54) is 6.26 Å². The van der Waals surface area contributed by atoms with Crippen molar-refractivity contribution in [3.63, 3.8) is 0 Å². The Morgan fingerprint density at radius 3 is 3.00 bits per heavy atom. The van der Waals surface area contributed by atoms with Crippen molar-refractivity contribution in [1.29, 1.82) is 0 Å². The van der Waals surface area contributed by atoms with Crippen LogP contribution in [0.25, 0.3) is 0 Å². The quantitative estimate of drug-likeness (QED) is 0.864. The van der Waals surface area contributed by atoms with Crippen molar-refractivity contribution >= 4 is 5.91 Å². The lowest BCUT2D eigenvalue weighted by Gasteiger charge is -2.37. The van der Waals surface area contributed by atoms with E-state index < -0.39 is 0 Å². The van der Waals surface area contributed by atoms with Gasteiger partial charge < -0.3 is 18.6 Å². The van der Waals surface area contributed by atoms with Crippen LogP contribution >= 0.6 is 0 Å². The van der Waals surface area contributed by atoms with Crippen molar-refractivity contribution in [2.24, 2.45) is 0 Å². The maximum atomic E-state index is 12.6. The van der Waals surface area contributed by atoms with E-state index >= 15 is 0 Å². The van der Waals surface area contributed by atoms with Crippen LogP contribution in [0.3, 0.4) is 0 Å². The summed E-state index contributed by atoms with van der Waals surface area (Å²) in [6, 6.07) is 2.97. The molecule has 0 unspecified atom stereocenters. The molecule has 1 aliphatic carbocycles. The summed E-state index contributed by atoms with van der Waals surface area (Å²) >= 11 is 0.